The quantitative estimate of drug-likeness (QED) is 0.856. The van der Waals surface area contributed by atoms with Crippen molar-refractivity contribution < 1.29 is 4.79 Å². The van der Waals surface area contributed by atoms with Gasteiger partial charge in [-0.3, -0.25) is 4.79 Å². The fourth-order valence-corrected chi connectivity index (χ4v) is 2.36. The summed E-state index contributed by atoms with van der Waals surface area (Å²) in [6.07, 6.45) is 2.70. The Morgan fingerprint density at radius 1 is 1.58 bits per heavy atom. The van der Waals surface area contributed by atoms with E-state index in [1.54, 1.807) is 22.3 Å². The molecule has 2 aromatic rings. The molecule has 0 bridgehead atoms. The SMILES string of the molecule is Cc1nc([C@@H](C)NC(=O)CCCn2cnnn2)cs1. The zero-order chi connectivity index (χ0) is 13.7. The summed E-state index contributed by atoms with van der Waals surface area (Å²) < 4.78 is 1.61. The maximum atomic E-state index is 11.8. The first-order chi connectivity index (χ1) is 9.15. The van der Waals surface area contributed by atoms with Crippen LogP contribution in [-0.2, 0) is 11.3 Å². The van der Waals surface area contributed by atoms with Gasteiger partial charge in [0.25, 0.3) is 0 Å². The van der Waals surface area contributed by atoms with E-state index in [9.17, 15) is 4.79 Å². The topological polar surface area (TPSA) is 85.6 Å². The molecule has 0 spiro atoms. The van der Waals surface area contributed by atoms with Crippen LogP contribution >= 0.6 is 11.3 Å². The van der Waals surface area contributed by atoms with Crippen molar-refractivity contribution in [1.29, 1.82) is 0 Å². The molecule has 2 aromatic heterocycles. The number of tetrazole rings is 1. The number of carbonyl (C=O) groups excluding carboxylic acids is 1. The number of hydrogen-bond acceptors (Lipinski definition) is 6. The molecule has 0 aromatic carbocycles. The van der Waals surface area contributed by atoms with Gasteiger partial charge in [0, 0.05) is 18.3 Å². The highest BCUT2D eigenvalue weighted by Gasteiger charge is 2.11. The van der Waals surface area contributed by atoms with Crippen LogP contribution in [0.5, 0.6) is 0 Å². The van der Waals surface area contributed by atoms with Gasteiger partial charge in [-0.2, -0.15) is 0 Å². The Hall–Kier alpha value is -1.83. The van der Waals surface area contributed by atoms with Crippen molar-refractivity contribution >= 4 is 17.2 Å². The number of aryl methyl sites for hydroxylation is 2. The predicted molar refractivity (Wildman–Crippen MR) is 70.5 cm³/mol. The third-order valence-electron chi connectivity index (χ3n) is 2.64. The molecule has 0 radical (unpaired) electrons. The molecule has 1 N–H and O–H groups in total. The third kappa shape index (κ3) is 4.09. The number of nitrogens with zero attached hydrogens (tertiary/aromatic N) is 5. The molecule has 7 nitrogen and oxygen atoms in total. The molecule has 0 aliphatic rings. The fraction of sp³-hybridized carbons (Fsp3) is 0.545. The Kier molecular flexibility index (Phi) is 4.56. The van der Waals surface area contributed by atoms with Crippen molar-refractivity contribution in [3.8, 4) is 0 Å². The first-order valence-electron chi connectivity index (χ1n) is 6.07. The largest absolute Gasteiger partial charge is 0.348 e. The van der Waals surface area contributed by atoms with Gasteiger partial charge in [0.05, 0.1) is 16.7 Å². The molecule has 0 fully saturated rings. The molecule has 0 unspecified atom stereocenters. The number of hydrogen-bond donors (Lipinski definition) is 1. The number of nitrogens with one attached hydrogen (secondary N) is 1. The summed E-state index contributed by atoms with van der Waals surface area (Å²) in [6.45, 7) is 4.53. The lowest BCUT2D eigenvalue weighted by Crippen LogP contribution is -2.26. The van der Waals surface area contributed by atoms with Crippen molar-refractivity contribution in [3.05, 3.63) is 22.4 Å². The van der Waals surface area contributed by atoms with Gasteiger partial charge in [-0.15, -0.1) is 16.4 Å². The first-order valence-corrected chi connectivity index (χ1v) is 6.95. The van der Waals surface area contributed by atoms with Crippen molar-refractivity contribution in [2.75, 3.05) is 0 Å². The number of thiazole rings is 1. The Morgan fingerprint density at radius 2 is 2.42 bits per heavy atom. The molecular weight excluding hydrogens is 264 g/mol. The van der Waals surface area contributed by atoms with E-state index in [0.29, 0.717) is 19.4 Å². The van der Waals surface area contributed by atoms with Gasteiger partial charge in [-0.25, -0.2) is 9.67 Å². The Labute approximate surface area is 115 Å². The molecule has 2 heterocycles. The Balaban J connectivity index is 1.72. The summed E-state index contributed by atoms with van der Waals surface area (Å²) >= 11 is 1.59. The van der Waals surface area contributed by atoms with Crippen LogP contribution in [0.4, 0.5) is 0 Å². The molecular formula is C11H16N6OS. The van der Waals surface area contributed by atoms with Crippen molar-refractivity contribution in [2.24, 2.45) is 0 Å². The van der Waals surface area contributed by atoms with Gasteiger partial charge in [-0.1, -0.05) is 0 Å². The first kappa shape index (κ1) is 13.6. The van der Waals surface area contributed by atoms with Crippen LogP contribution in [0.15, 0.2) is 11.7 Å². The van der Waals surface area contributed by atoms with Crippen LogP contribution < -0.4 is 5.32 Å². The van der Waals surface area contributed by atoms with Crippen LogP contribution in [0, 0.1) is 6.92 Å². The number of rotatable bonds is 6. The molecule has 1 atom stereocenters. The van der Waals surface area contributed by atoms with E-state index >= 15 is 0 Å². The predicted octanol–water partition coefficient (Wildman–Crippen LogP) is 1.10. The van der Waals surface area contributed by atoms with Crippen molar-refractivity contribution in [1.82, 2.24) is 30.5 Å². The lowest BCUT2D eigenvalue weighted by molar-refractivity contribution is -0.121. The van der Waals surface area contributed by atoms with Crippen LogP contribution in [0.3, 0.4) is 0 Å². The van der Waals surface area contributed by atoms with Crippen molar-refractivity contribution in [2.45, 2.75) is 39.3 Å². The normalized spacial score (nSPS) is 12.3. The Bertz CT molecular complexity index is 523. The molecule has 0 aliphatic heterocycles. The molecule has 102 valence electrons. The second-order valence-electron chi connectivity index (χ2n) is 4.26. The van der Waals surface area contributed by atoms with E-state index in [0.717, 1.165) is 10.7 Å². The molecule has 1 amide bonds. The summed E-state index contributed by atoms with van der Waals surface area (Å²) in [5.74, 6) is 0.0197. The molecule has 0 aliphatic carbocycles. The molecule has 8 heteroatoms. The highest BCUT2D eigenvalue weighted by atomic mass is 32.1. The zero-order valence-electron chi connectivity index (χ0n) is 10.9. The van der Waals surface area contributed by atoms with E-state index in [1.807, 2.05) is 19.2 Å². The average molecular weight is 280 g/mol. The fourth-order valence-electron chi connectivity index (χ4n) is 1.65. The smallest absolute Gasteiger partial charge is 0.220 e. The third-order valence-corrected chi connectivity index (χ3v) is 3.43. The van der Waals surface area contributed by atoms with Crippen LogP contribution in [0.25, 0.3) is 0 Å². The summed E-state index contributed by atoms with van der Waals surface area (Å²) in [5.41, 5.74) is 0.913. The van der Waals surface area contributed by atoms with Crippen LogP contribution in [0.2, 0.25) is 0 Å². The van der Waals surface area contributed by atoms with Gasteiger partial charge in [0.2, 0.25) is 5.91 Å². The van der Waals surface area contributed by atoms with Gasteiger partial charge in [0.1, 0.15) is 6.33 Å². The zero-order valence-corrected chi connectivity index (χ0v) is 11.7. The second kappa shape index (κ2) is 6.37. The second-order valence-corrected chi connectivity index (χ2v) is 5.32. The van der Waals surface area contributed by atoms with Crippen LogP contribution in [-0.4, -0.2) is 31.1 Å². The maximum Gasteiger partial charge on any atom is 0.220 e. The van der Waals surface area contributed by atoms with E-state index in [1.165, 1.54) is 0 Å². The minimum Gasteiger partial charge on any atom is -0.348 e. The van der Waals surface area contributed by atoms with Crippen molar-refractivity contribution in [3.63, 3.8) is 0 Å². The highest BCUT2D eigenvalue weighted by Crippen LogP contribution is 2.15. The van der Waals surface area contributed by atoms with Gasteiger partial charge in [-0.05, 0) is 30.7 Å². The highest BCUT2D eigenvalue weighted by molar-refractivity contribution is 7.09. The van der Waals surface area contributed by atoms with E-state index in [4.69, 9.17) is 0 Å². The lowest BCUT2D eigenvalue weighted by atomic mass is 10.2. The van der Waals surface area contributed by atoms with Crippen LogP contribution in [0.1, 0.15) is 36.5 Å². The maximum absolute atomic E-state index is 11.8. The van der Waals surface area contributed by atoms with E-state index < -0.39 is 0 Å². The molecule has 2 rings (SSSR count). The summed E-state index contributed by atoms with van der Waals surface area (Å²) in [5, 5.41) is 16.7. The number of amides is 1. The summed E-state index contributed by atoms with van der Waals surface area (Å²) in [7, 11) is 0. The van der Waals surface area contributed by atoms with E-state index in [-0.39, 0.29) is 11.9 Å². The minimum absolute atomic E-state index is 0.0197. The summed E-state index contributed by atoms with van der Waals surface area (Å²) in [4.78, 5) is 16.1. The minimum atomic E-state index is -0.0505. The van der Waals surface area contributed by atoms with E-state index in [2.05, 4.69) is 25.8 Å². The van der Waals surface area contributed by atoms with Gasteiger partial charge < -0.3 is 5.32 Å². The standard InChI is InChI=1S/C11H16N6OS/c1-8(10-6-19-9(2)14-10)13-11(18)4-3-5-17-7-12-15-16-17/h6-8H,3-5H2,1-2H3,(H,13,18)/t8-/m1/s1. The number of carbonyl (C=O) groups is 1. The average Bonchev–Trinajstić information content (AvgIpc) is 3.00. The lowest BCUT2D eigenvalue weighted by Gasteiger charge is -2.11. The molecule has 0 saturated carbocycles. The monoisotopic (exact) mass is 280 g/mol. The number of aromatic nitrogens is 5. The molecule has 19 heavy (non-hydrogen) atoms. The Morgan fingerprint density at radius 3 is 3.05 bits per heavy atom. The summed E-state index contributed by atoms with van der Waals surface area (Å²) in [6, 6.07) is -0.0505. The molecule has 0 saturated heterocycles. The van der Waals surface area contributed by atoms with Gasteiger partial charge >= 0.3 is 0 Å². The van der Waals surface area contributed by atoms with Gasteiger partial charge in [0.15, 0.2) is 0 Å².